The molecule has 1 aliphatic carbocycles. The van der Waals surface area contributed by atoms with Gasteiger partial charge in [0.15, 0.2) is 0 Å². The van der Waals surface area contributed by atoms with Crippen molar-refractivity contribution in [1.29, 1.82) is 5.26 Å². The number of carbonyl (C=O) groups is 5. The Bertz CT molecular complexity index is 2280. The van der Waals surface area contributed by atoms with Crippen LogP contribution in [0.4, 0.5) is 15.9 Å². The minimum atomic E-state index is -1.10. The lowest BCUT2D eigenvalue weighted by atomic mass is 9.49. The van der Waals surface area contributed by atoms with Crippen molar-refractivity contribution in [3.63, 3.8) is 0 Å². The molecule has 4 aliphatic heterocycles. The maximum atomic E-state index is 15.5. The molecule has 5 aliphatic rings. The van der Waals surface area contributed by atoms with Crippen LogP contribution in [0.3, 0.4) is 0 Å². The maximum absolute atomic E-state index is 15.5. The van der Waals surface area contributed by atoms with E-state index in [1.165, 1.54) is 6.07 Å². The van der Waals surface area contributed by atoms with Crippen LogP contribution in [-0.4, -0.2) is 108 Å². The number of anilines is 2. The first kappa shape index (κ1) is 41.2. The number of aromatic nitrogens is 1. The number of fused-ring (bicyclic) bond motifs is 1. The fraction of sp³-hybridized carbons (Fsp3) is 0.477. The van der Waals surface area contributed by atoms with Crippen molar-refractivity contribution in [3.8, 4) is 11.8 Å². The van der Waals surface area contributed by atoms with Crippen molar-refractivity contribution < 1.29 is 33.1 Å². The minimum absolute atomic E-state index is 0.0136. The van der Waals surface area contributed by atoms with Crippen LogP contribution in [0.25, 0.3) is 0 Å². The van der Waals surface area contributed by atoms with Gasteiger partial charge in [0, 0.05) is 81.4 Å². The van der Waals surface area contributed by atoms with Crippen molar-refractivity contribution in [2.45, 2.75) is 71.6 Å². The summed E-state index contributed by atoms with van der Waals surface area (Å²) in [5.41, 5.74) is 0.358. The average molecular weight is 839 g/mol. The second-order valence-corrected chi connectivity index (χ2v) is 18.1. The lowest BCUT2D eigenvalue weighted by Gasteiger charge is -2.63. The lowest BCUT2D eigenvalue weighted by molar-refractivity contribution is -0.164. The topological polar surface area (TPSA) is 168 Å². The molecule has 5 heterocycles. The van der Waals surface area contributed by atoms with E-state index >= 15 is 4.39 Å². The third-order valence-corrected chi connectivity index (χ3v) is 13.4. The van der Waals surface area contributed by atoms with E-state index in [1.54, 1.807) is 24.4 Å². The third kappa shape index (κ3) is 7.44. The summed E-state index contributed by atoms with van der Waals surface area (Å²) in [6, 6.07) is 12.1. The number of amides is 5. The molecular formula is C44H48ClFN8O6. The summed E-state index contributed by atoms with van der Waals surface area (Å²) in [6.07, 6.45) is 3.15. The Labute approximate surface area is 353 Å². The number of pyridine rings is 1. The highest BCUT2D eigenvalue weighted by atomic mass is 35.5. The number of piperazine rings is 1. The van der Waals surface area contributed by atoms with Crippen molar-refractivity contribution in [2.24, 2.45) is 16.7 Å². The largest absolute Gasteiger partial charge is 0.489 e. The molecule has 1 saturated carbocycles. The SMILES string of the molecule is CC1(C)C(NC(=O)c2ccc(N3CCN(CC4CCN(c5cc6c(cc5F)C(=O)N(C5CCC(=O)NC5=O)C6=O)CC4)CC3)nc2)C(C)(C)C1Oc1ccc(C#N)c(Cl)c1. The van der Waals surface area contributed by atoms with Crippen LogP contribution < -0.4 is 25.2 Å². The minimum Gasteiger partial charge on any atom is -0.489 e. The molecule has 60 heavy (non-hydrogen) atoms. The number of hydrogen-bond donors (Lipinski definition) is 2. The summed E-state index contributed by atoms with van der Waals surface area (Å²) < 4.78 is 21.8. The van der Waals surface area contributed by atoms with Crippen LogP contribution in [0.15, 0.2) is 48.7 Å². The standard InChI is InChI=1S/C44H48ClFN8O6/c1-43(2)41(44(3,4)42(43)60-28-7-5-26(22-47)31(45)19-28)50-37(56)27-6-9-35(48-23-27)53-17-15-51(16-18-53)24-25-11-13-52(14-12-25)34-21-30-29(20-32(34)46)39(58)54(40(30)59)33-8-10-36(55)49-38(33)57/h5-7,9,19-21,23,25,33,41-42H,8,10-18,24H2,1-4H3,(H,50,56)(H,49,55,57). The summed E-state index contributed by atoms with van der Waals surface area (Å²) in [5.74, 6) is -1.52. The molecule has 1 aromatic heterocycles. The van der Waals surface area contributed by atoms with Gasteiger partial charge in [-0.25, -0.2) is 9.37 Å². The smallest absolute Gasteiger partial charge is 0.262 e. The number of hydrogen-bond acceptors (Lipinski definition) is 11. The molecule has 16 heteroatoms. The molecule has 2 N–H and O–H groups in total. The molecule has 2 aromatic carbocycles. The predicted octanol–water partition coefficient (Wildman–Crippen LogP) is 4.80. The van der Waals surface area contributed by atoms with Gasteiger partial charge in [-0.05, 0) is 61.6 Å². The number of ether oxygens (including phenoxy) is 1. The number of nitrogens with one attached hydrogen (secondary N) is 2. The number of benzene rings is 2. The number of halogens is 2. The normalized spacial score (nSPS) is 24.1. The van der Waals surface area contributed by atoms with Gasteiger partial charge in [-0.1, -0.05) is 39.3 Å². The highest BCUT2D eigenvalue weighted by Crippen LogP contribution is 2.55. The number of carbonyl (C=O) groups excluding carboxylic acids is 5. The summed E-state index contributed by atoms with van der Waals surface area (Å²) in [6.45, 7) is 13.7. The molecule has 4 fully saturated rings. The average Bonchev–Trinajstić information content (AvgIpc) is 3.46. The van der Waals surface area contributed by atoms with Crippen LogP contribution in [0.5, 0.6) is 5.75 Å². The van der Waals surface area contributed by atoms with Crippen molar-refractivity contribution in [1.82, 2.24) is 25.4 Å². The van der Waals surface area contributed by atoms with Gasteiger partial charge in [0.1, 0.15) is 35.6 Å². The molecular weight excluding hydrogens is 791 g/mol. The summed E-state index contributed by atoms with van der Waals surface area (Å²) in [7, 11) is 0. The monoisotopic (exact) mass is 838 g/mol. The first-order valence-electron chi connectivity index (χ1n) is 20.5. The molecule has 8 rings (SSSR count). The fourth-order valence-electron chi connectivity index (χ4n) is 10.1. The van der Waals surface area contributed by atoms with Gasteiger partial charge in [0.05, 0.1) is 33.0 Å². The number of nitriles is 1. The Morgan fingerprint density at radius 2 is 1.62 bits per heavy atom. The van der Waals surface area contributed by atoms with Gasteiger partial charge >= 0.3 is 0 Å². The van der Waals surface area contributed by atoms with E-state index in [4.69, 9.17) is 16.3 Å². The number of rotatable bonds is 9. The molecule has 14 nitrogen and oxygen atoms in total. The zero-order valence-corrected chi connectivity index (χ0v) is 34.9. The van der Waals surface area contributed by atoms with Crippen LogP contribution in [-0.2, 0) is 9.59 Å². The number of imide groups is 2. The zero-order chi connectivity index (χ0) is 42.7. The van der Waals surface area contributed by atoms with E-state index in [-0.39, 0.29) is 58.5 Å². The lowest BCUT2D eigenvalue weighted by Crippen LogP contribution is -2.74. The van der Waals surface area contributed by atoms with Crippen LogP contribution in [0.1, 0.15) is 90.0 Å². The van der Waals surface area contributed by atoms with Crippen molar-refractivity contribution in [2.75, 3.05) is 55.6 Å². The maximum Gasteiger partial charge on any atom is 0.262 e. The number of nitrogens with zero attached hydrogens (tertiary/aromatic N) is 6. The molecule has 5 amide bonds. The molecule has 1 atom stereocenters. The highest BCUT2D eigenvalue weighted by molar-refractivity contribution is 6.31. The van der Waals surface area contributed by atoms with E-state index in [9.17, 15) is 29.2 Å². The molecule has 314 valence electrons. The van der Waals surface area contributed by atoms with Crippen LogP contribution in [0.2, 0.25) is 5.02 Å². The van der Waals surface area contributed by atoms with Gasteiger partial charge in [0.25, 0.3) is 17.7 Å². The Hall–Kier alpha value is -5.59. The quantitative estimate of drug-likeness (QED) is 0.284. The van der Waals surface area contributed by atoms with E-state index in [2.05, 4.69) is 59.2 Å². The Morgan fingerprint density at radius 3 is 2.23 bits per heavy atom. The van der Waals surface area contributed by atoms with Gasteiger partial charge in [-0.3, -0.25) is 39.1 Å². The van der Waals surface area contributed by atoms with Gasteiger partial charge in [-0.2, -0.15) is 5.26 Å². The Balaban J connectivity index is 0.800. The summed E-state index contributed by atoms with van der Waals surface area (Å²) >= 11 is 6.24. The van der Waals surface area contributed by atoms with Gasteiger partial charge in [-0.15, -0.1) is 0 Å². The van der Waals surface area contributed by atoms with E-state index in [0.29, 0.717) is 40.9 Å². The Morgan fingerprint density at radius 1 is 0.933 bits per heavy atom. The Kier molecular flexibility index (Phi) is 10.8. The second-order valence-electron chi connectivity index (χ2n) is 17.7. The molecule has 1 unspecified atom stereocenters. The fourth-order valence-corrected chi connectivity index (χ4v) is 10.3. The second kappa shape index (κ2) is 15.8. The van der Waals surface area contributed by atoms with E-state index in [0.717, 1.165) is 62.3 Å². The van der Waals surface area contributed by atoms with Crippen LogP contribution in [0, 0.1) is 33.9 Å². The number of piperidine rings is 2. The first-order valence-corrected chi connectivity index (χ1v) is 20.8. The highest BCUT2D eigenvalue weighted by Gasteiger charge is 2.64. The molecule has 0 spiro atoms. The molecule has 0 radical (unpaired) electrons. The molecule has 3 aromatic rings. The predicted molar refractivity (Wildman–Crippen MR) is 220 cm³/mol. The first-order chi connectivity index (χ1) is 28.6. The van der Waals surface area contributed by atoms with Gasteiger partial charge in [0.2, 0.25) is 11.8 Å². The molecule has 3 saturated heterocycles. The zero-order valence-electron chi connectivity index (χ0n) is 34.1. The summed E-state index contributed by atoms with van der Waals surface area (Å²) in [4.78, 5) is 76.1. The van der Waals surface area contributed by atoms with Crippen molar-refractivity contribution >= 4 is 52.6 Å². The van der Waals surface area contributed by atoms with E-state index in [1.807, 2.05) is 17.0 Å². The van der Waals surface area contributed by atoms with Crippen LogP contribution >= 0.6 is 11.6 Å². The molecule has 0 bridgehead atoms. The van der Waals surface area contributed by atoms with Crippen molar-refractivity contribution in [3.05, 3.63) is 81.8 Å². The van der Waals surface area contributed by atoms with Gasteiger partial charge < -0.3 is 19.9 Å². The van der Waals surface area contributed by atoms with E-state index < -0.39 is 35.5 Å². The summed E-state index contributed by atoms with van der Waals surface area (Å²) in [5, 5.41) is 15.0. The third-order valence-electron chi connectivity index (χ3n) is 13.1.